The van der Waals surface area contributed by atoms with Gasteiger partial charge in [-0.05, 0) is 39.0 Å². The highest BCUT2D eigenvalue weighted by molar-refractivity contribution is 6.33. The number of imidazole rings is 1. The minimum Gasteiger partial charge on any atom is -0.478 e. The summed E-state index contributed by atoms with van der Waals surface area (Å²) in [6.07, 6.45) is 0. The molecule has 0 aliphatic carbocycles. The van der Waals surface area contributed by atoms with Crippen molar-refractivity contribution >= 4 is 17.6 Å². The van der Waals surface area contributed by atoms with Crippen molar-refractivity contribution in [2.24, 2.45) is 0 Å². The zero-order valence-electron chi connectivity index (χ0n) is 10.4. The number of hydrogen-bond acceptors (Lipinski definition) is 2. The van der Waals surface area contributed by atoms with E-state index in [0.717, 1.165) is 22.9 Å². The molecule has 0 spiro atoms. The van der Waals surface area contributed by atoms with Crippen molar-refractivity contribution in [2.45, 2.75) is 20.8 Å². The summed E-state index contributed by atoms with van der Waals surface area (Å²) in [5.74, 6) is -0.211. The van der Waals surface area contributed by atoms with E-state index in [2.05, 4.69) is 4.98 Å². The van der Waals surface area contributed by atoms with Crippen LogP contribution in [0, 0.1) is 20.8 Å². The summed E-state index contributed by atoms with van der Waals surface area (Å²) in [5.41, 5.74) is 2.78. The first-order valence-electron chi connectivity index (χ1n) is 5.47. The van der Waals surface area contributed by atoms with Gasteiger partial charge < -0.3 is 9.67 Å². The molecule has 94 valence electrons. The standard InChI is InChI=1S/C13H13ClN2O2/c1-7-8(2)16(9(3)15-7)10-4-5-12(14)11(6-10)13(17)18/h4-6H,1-3H3,(H,17,18). The monoisotopic (exact) mass is 264 g/mol. The molecule has 0 unspecified atom stereocenters. The van der Waals surface area contributed by atoms with E-state index < -0.39 is 5.97 Å². The van der Waals surface area contributed by atoms with E-state index in [-0.39, 0.29) is 10.6 Å². The van der Waals surface area contributed by atoms with E-state index in [0.29, 0.717) is 0 Å². The van der Waals surface area contributed by atoms with E-state index in [1.54, 1.807) is 18.2 Å². The highest BCUT2D eigenvalue weighted by atomic mass is 35.5. The average Bonchev–Trinajstić information content (AvgIpc) is 2.54. The van der Waals surface area contributed by atoms with E-state index in [9.17, 15) is 4.79 Å². The SMILES string of the molecule is Cc1nc(C)n(-c2ccc(Cl)c(C(=O)O)c2)c1C. The Labute approximate surface area is 110 Å². The molecule has 0 fully saturated rings. The van der Waals surface area contributed by atoms with Crippen LogP contribution in [0.5, 0.6) is 0 Å². The third-order valence-electron chi connectivity index (χ3n) is 2.95. The van der Waals surface area contributed by atoms with Crippen molar-refractivity contribution in [1.82, 2.24) is 9.55 Å². The summed E-state index contributed by atoms with van der Waals surface area (Å²) in [5, 5.41) is 9.31. The second-order valence-corrected chi connectivity index (χ2v) is 4.54. The molecule has 0 atom stereocenters. The number of hydrogen-bond donors (Lipinski definition) is 1. The highest BCUT2D eigenvalue weighted by Gasteiger charge is 2.13. The lowest BCUT2D eigenvalue weighted by atomic mass is 10.2. The van der Waals surface area contributed by atoms with Crippen molar-refractivity contribution in [2.75, 3.05) is 0 Å². The van der Waals surface area contributed by atoms with Gasteiger partial charge in [0.05, 0.1) is 16.3 Å². The molecule has 1 aromatic heterocycles. The lowest BCUT2D eigenvalue weighted by Gasteiger charge is -2.09. The Morgan fingerprint density at radius 2 is 2.00 bits per heavy atom. The van der Waals surface area contributed by atoms with Crippen LogP contribution in [0.4, 0.5) is 0 Å². The highest BCUT2D eigenvalue weighted by Crippen LogP contribution is 2.23. The third-order valence-corrected chi connectivity index (χ3v) is 3.28. The summed E-state index contributed by atoms with van der Waals surface area (Å²) in [6.45, 7) is 5.76. The number of halogens is 1. The van der Waals surface area contributed by atoms with Gasteiger partial charge in [0.25, 0.3) is 0 Å². The molecule has 0 bridgehead atoms. The summed E-state index contributed by atoms with van der Waals surface area (Å²) < 4.78 is 1.91. The normalized spacial score (nSPS) is 10.7. The van der Waals surface area contributed by atoms with Gasteiger partial charge in [-0.25, -0.2) is 9.78 Å². The van der Waals surface area contributed by atoms with Gasteiger partial charge in [0.2, 0.25) is 0 Å². The molecule has 18 heavy (non-hydrogen) atoms. The molecule has 0 saturated carbocycles. The Hall–Kier alpha value is -1.81. The van der Waals surface area contributed by atoms with Gasteiger partial charge in [0, 0.05) is 11.4 Å². The van der Waals surface area contributed by atoms with E-state index in [4.69, 9.17) is 16.7 Å². The fraction of sp³-hybridized carbons (Fsp3) is 0.231. The van der Waals surface area contributed by atoms with Crippen LogP contribution in [-0.4, -0.2) is 20.6 Å². The summed E-state index contributed by atoms with van der Waals surface area (Å²) in [6, 6.07) is 4.94. The Bertz CT molecular complexity index is 632. The molecule has 0 aliphatic rings. The van der Waals surface area contributed by atoms with Crippen LogP contribution in [0.3, 0.4) is 0 Å². The van der Waals surface area contributed by atoms with Gasteiger partial charge in [-0.15, -0.1) is 0 Å². The minimum atomic E-state index is -1.03. The van der Waals surface area contributed by atoms with E-state index >= 15 is 0 Å². The molecule has 2 aromatic rings. The number of aromatic carboxylic acids is 1. The van der Waals surface area contributed by atoms with Crippen LogP contribution < -0.4 is 0 Å². The van der Waals surface area contributed by atoms with Gasteiger partial charge in [-0.1, -0.05) is 11.6 Å². The Balaban J connectivity index is 2.65. The lowest BCUT2D eigenvalue weighted by Crippen LogP contribution is -2.03. The maximum Gasteiger partial charge on any atom is 0.337 e. The molecular weight excluding hydrogens is 252 g/mol. The van der Waals surface area contributed by atoms with Crippen molar-refractivity contribution < 1.29 is 9.90 Å². The summed E-state index contributed by atoms with van der Waals surface area (Å²) in [7, 11) is 0. The topological polar surface area (TPSA) is 55.1 Å². The number of rotatable bonds is 2. The van der Waals surface area contributed by atoms with E-state index in [1.165, 1.54) is 0 Å². The molecule has 0 radical (unpaired) electrons. The van der Waals surface area contributed by atoms with Crippen LogP contribution in [0.2, 0.25) is 5.02 Å². The molecule has 0 saturated heterocycles. The van der Waals surface area contributed by atoms with Gasteiger partial charge in [-0.2, -0.15) is 0 Å². The fourth-order valence-electron chi connectivity index (χ4n) is 1.97. The molecule has 0 aliphatic heterocycles. The largest absolute Gasteiger partial charge is 0.478 e. The minimum absolute atomic E-state index is 0.0966. The average molecular weight is 265 g/mol. The first-order chi connectivity index (χ1) is 8.41. The zero-order valence-corrected chi connectivity index (χ0v) is 11.1. The first-order valence-corrected chi connectivity index (χ1v) is 5.85. The number of carboxylic acid groups (broad SMARTS) is 1. The van der Waals surface area contributed by atoms with Gasteiger partial charge in [-0.3, -0.25) is 0 Å². The second-order valence-electron chi connectivity index (χ2n) is 4.13. The Morgan fingerprint density at radius 3 is 2.50 bits per heavy atom. The number of benzene rings is 1. The predicted octanol–water partition coefficient (Wildman–Crippen LogP) is 3.15. The van der Waals surface area contributed by atoms with Crippen LogP contribution >= 0.6 is 11.6 Å². The van der Waals surface area contributed by atoms with Crippen LogP contribution in [0.25, 0.3) is 5.69 Å². The summed E-state index contributed by atoms with van der Waals surface area (Å²) in [4.78, 5) is 15.4. The quantitative estimate of drug-likeness (QED) is 0.907. The van der Waals surface area contributed by atoms with Crippen LogP contribution in [0.1, 0.15) is 27.6 Å². The molecular formula is C13H13ClN2O2. The van der Waals surface area contributed by atoms with Gasteiger partial charge in [0.15, 0.2) is 0 Å². The van der Waals surface area contributed by atoms with Gasteiger partial charge in [0.1, 0.15) is 5.82 Å². The Kier molecular flexibility index (Phi) is 3.13. The van der Waals surface area contributed by atoms with Crippen molar-refractivity contribution in [3.05, 3.63) is 46.0 Å². The maximum absolute atomic E-state index is 11.1. The number of carboxylic acids is 1. The number of aryl methyl sites for hydroxylation is 2. The molecule has 2 rings (SSSR count). The zero-order chi connectivity index (χ0) is 13.4. The van der Waals surface area contributed by atoms with Crippen LogP contribution in [0.15, 0.2) is 18.2 Å². The number of aromatic nitrogens is 2. The van der Waals surface area contributed by atoms with Crippen LogP contribution in [-0.2, 0) is 0 Å². The Morgan fingerprint density at radius 1 is 1.33 bits per heavy atom. The predicted molar refractivity (Wildman–Crippen MR) is 69.7 cm³/mol. The first kappa shape index (κ1) is 12.6. The summed E-state index contributed by atoms with van der Waals surface area (Å²) >= 11 is 5.86. The number of carbonyl (C=O) groups is 1. The van der Waals surface area contributed by atoms with Crippen molar-refractivity contribution in [1.29, 1.82) is 0 Å². The number of nitrogens with zero attached hydrogens (tertiary/aromatic N) is 2. The lowest BCUT2D eigenvalue weighted by molar-refractivity contribution is 0.0697. The molecule has 1 N–H and O–H groups in total. The van der Waals surface area contributed by atoms with E-state index in [1.807, 2.05) is 25.3 Å². The molecule has 0 amide bonds. The van der Waals surface area contributed by atoms with Crippen molar-refractivity contribution in [3.63, 3.8) is 0 Å². The smallest absolute Gasteiger partial charge is 0.337 e. The van der Waals surface area contributed by atoms with Gasteiger partial charge >= 0.3 is 5.97 Å². The second kappa shape index (κ2) is 4.46. The van der Waals surface area contributed by atoms with Crippen molar-refractivity contribution in [3.8, 4) is 5.69 Å². The molecule has 5 heteroatoms. The fourth-order valence-corrected chi connectivity index (χ4v) is 2.17. The maximum atomic E-state index is 11.1. The molecule has 1 heterocycles. The third kappa shape index (κ3) is 1.99. The molecule has 1 aromatic carbocycles. The molecule has 4 nitrogen and oxygen atoms in total.